The van der Waals surface area contributed by atoms with Crippen molar-refractivity contribution >= 4 is 17.3 Å². The summed E-state index contributed by atoms with van der Waals surface area (Å²) in [6.07, 6.45) is 0. The first-order valence-electron chi connectivity index (χ1n) is 5.73. The van der Waals surface area contributed by atoms with Crippen LogP contribution in [0.5, 0.6) is 0 Å². The number of halogens is 2. The second-order valence-corrected chi connectivity index (χ2v) is 4.17. The summed E-state index contributed by atoms with van der Waals surface area (Å²) in [5, 5.41) is 0. The molecule has 2 aromatic rings. The van der Waals surface area contributed by atoms with Gasteiger partial charge in [-0.05, 0) is 35.9 Å². The average Bonchev–Trinajstić information content (AvgIpc) is 2.40. The first kappa shape index (κ1) is 13.8. The second-order valence-electron chi connectivity index (χ2n) is 4.17. The molecule has 0 saturated heterocycles. The van der Waals surface area contributed by atoms with E-state index in [-0.39, 0.29) is 17.9 Å². The van der Waals surface area contributed by atoms with Crippen LogP contribution in [0.3, 0.4) is 0 Å². The van der Waals surface area contributed by atoms with Crippen molar-refractivity contribution in [1.82, 2.24) is 0 Å². The fraction of sp³-hybridized carbons (Fsp3) is 0.0714. The molecule has 0 aliphatic heterocycles. The molecule has 0 bridgehead atoms. The Balaban J connectivity index is 2.06. The lowest BCUT2D eigenvalue weighted by atomic mass is 10.1. The van der Waals surface area contributed by atoms with Crippen molar-refractivity contribution in [2.75, 3.05) is 11.5 Å². The molecule has 0 aromatic heterocycles. The van der Waals surface area contributed by atoms with Gasteiger partial charge in [-0.3, -0.25) is 0 Å². The van der Waals surface area contributed by atoms with Crippen LogP contribution in [0.4, 0.5) is 20.2 Å². The number of esters is 1. The molecular weight excluding hydrogens is 266 g/mol. The summed E-state index contributed by atoms with van der Waals surface area (Å²) in [7, 11) is 0. The van der Waals surface area contributed by atoms with Gasteiger partial charge in [0.1, 0.15) is 6.61 Å². The minimum Gasteiger partial charge on any atom is -0.457 e. The van der Waals surface area contributed by atoms with Crippen molar-refractivity contribution in [2.24, 2.45) is 0 Å². The Bertz CT molecular complexity index is 660. The summed E-state index contributed by atoms with van der Waals surface area (Å²) in [4.78, 5) is 11.8. The van der Waals surface area contributed by atoms with Gasteiger partial charge in [0.2, 0.25) is 0 Å². The van der Waals surface area contributed by atoms with Gasteiger partial charge < -0.3 is 16.2 Å². The minimum atomic E-state index is -0.995. The van der Waals surface area contributed by atoms with Crippen molar-refractivity contribution in [3.8, 4) is 0 Å². The zero-order valence-electron chi connectivity index (χ0n) is 10.4. The average molecular weight is 278 g/mol. The van der Waals surface area contributed by atoms with Crippen LogP contribution in [0.2, 0.25) is 0 Å². The van der Waals surface area contributed by atoms with Crippen LogP contribution in [0.1, 0.15) is 15.9 Å². The molecule has 0 unspecified atom stereocenters. The monoisotopic (exact) mass is 278 g/mol. The predicted octanol–water partition coefficient (Wildman–Crippen LogP) is 2.49. The molecule has 0 saturated carbocycles. The lowest BCUT2D eigenvalue weighted by Gasteiger charge is -2.08. The predicted molar refractivity (Wildman–Crippen MR) is 70.7 cm³/mol. The molecule has 4 N–H and O–H groups in total. The van der Waals surface area contributed by atoms with E-state index < -0.39 is 17.6 Å². The molecule has 0 aliphatic carbocycles. The van der Waals surface area contributed by atoms with E-state index in [1.54, 1.807) is 0 Å². The quantitative estimate of drug-likeness (QED) is 0.668. The number of nitrogens with two attached hydrogens (primary N) is 2. The first-order chi connectivity index (χ1) is 9.47. The topological polar surface area (TPSA) is 78.3 Å². The number of hydrogen-bond donors (Lipinski definition) is 2. The van der Waals surface area contributed by atoms with E-state index in [2.05, 4.69) is 0 Å². The van der Waals surface area contributed by atoms with E-state index in [0.29, 0.717) is 11.3 Å². The van der Waals surface area contributed by atoms with Crippen LogP contribution >= 0.6 is 0 Å². The third kappa shape index (κ3) is 3.03. The van der Waals surface area contributed by atoms with Crippen LogP contribution in [0, 0.1) is 11.6 Å². The Hall–Kier alpha value is -2.63. The van der Waals surface area contributed by atoms with Crippen LogP contribution in [-0.2, 0) is 11.3 Å². The van der Waals surface area contributed by atoms with Crippen LogP contribution in [-0.4, -0.2) is 5.97 Å². The molecular formula is C14H12F2N2O2. The van der Waals surface area contributed by atoms with Crippen LogP contribution < -0.4 is 11.5 Å². The Morgan fingerprint density at radius 3 is 2.45 bits per heavy atom. The van der Waals surface area contributed by atoms with Gasteiger partial charge in [-0.15, -0.1) is 0 Å². The molecule has 0 fully saturated rings. The lowest BCUT2D eigenvalue weighted by Crippen LogP contribution is -2.09. The van der Waals surface area contributed by atoms with E-state index in [1.165, 1.54) is 24.3 Å². The Morgan fingerprint density at radius 2 is 1.80 bits per heavy atom. The minimum absolute atomic E-state index is 0.168. The van der Waals surface area contributed by atoms with Crippen molar-refractivity contribution in [1.29, 1.82) is 0 Å². The number of rotatable bonds is 3. The summed E-state index contributed by atoms with van der Waals surface area (Å²) < 4.78 is 30.7. The van der Waals surface area contributed by atoms with Crippen molar-refractivity contribution < 1.29 is 18.3 Å². The Labute approximate surface area is 114 Å². The third-order valence-electron chi connectivity index (χ3n) is 2.65. The van der Waals surface area contributed by atoms with E-state index in [9.17, 15) is 13.6 Å². The van der Waals surface area contributed by atoms with Gasteiger partial charge in [-0.1, -0.05) is 6.07 Å². The molecule has 6 heteroatoms. The first-order valence-corrected chi connectivity index (χ1v) is 5.73. The normalized spacial score (nSPS) is 10.3. The smallest absolute Gasteiger partial charge is 0.340 e. The maximum Gasteiger partial charge on any atom is 0.340 e. The third-order valence-corrected chi connectivity index (χ3v) is 2.65. The molecule has 0 aliphatic rings. The largest absolute Gasteiger partial charge is 0.457 e. The number of carbonyl (C=O) groups excluding carboxylic acids is 1. The zero-order valence-corrected chi connectivity index (χ0v) is 10.4. The highest BCUT2D eigenvalue weighted by Gasteiger charge is 2.12. The van der Waals surface area contributed by atoms with Crippen LogP contribution in [0.25, 0.3) is 0 Å². The highest BCUT2D eigenvalue weighted by atomic mass is 19.2. The molecule has 0 radical (unpaired) electrons. The van der Waals surface area contributed by atoms with Crippen molar-refractivity contribution in [3.63, 3.8) is 0 Å². The lowest BCUT2D eigenvalue weighted by molar-refractivity contribution is 0.0473. The van der Waals surface area contributed by atoms with Crippen LogP contribution in [0.15, 0.2) is 36.4 Å². The van der Waals surface area contributed by atoms with Gasteiger partial charge in [-0.2, -0.15) is 0 Å². The summed E-state index contributed by atoms with van der Waals surface area (Å²) in [6, 6.07) is 7.67. The maximum absolute atomic E-state index is 13.0. The molecule has 0 atom stereocenters. The number of carbonyl (C=O) groups is 1. The molecule has 2 aromatic carbocycles. The number of benzene rings is 2. The number of nitrogen functional groups attached to an aromatic ring is 2. The fourth-order valence-corrected chi connectivity index (χ4v) is 1.62. The highest BCUT2D eigenvalue weighted by molar-refractivity contribution is 5.95. The highest BCUT2D eigenvalue weighted by Crippen LogP contribution is 2.17. The number of hydrogen-bond acceptors (Lipinski definition) is 4. The number of anilines is 2. The van der Waals surface area contributed by atoms with Crippen molar-refractivity contribution in [3.05, 3.63) is 59.2 Å². The van der Waals surface area contributed by atoms with E-state index >= 15 is 0 Å². The SMILES string of the molecule is Nc1ccc(C(=O)OCc2ccc(F)c(F)c2)c(N)c1. The maximum atomic E-state index is 13.0. The molecule has 4 nitrogen and oxygen atoms in total. The van der Waals surface area contributed by atoms with E-state index in [1.807, 2.05) is 0 Å². The van der Waals surface area contributed by atoms with E-state index in [4.69, 9.17) is 16.2 Å². The van der Waals surface area contributed by atoms with Gasteiger partial charge in [0, 0.05) is 11.4 Å². The fourth-order valence-electron chi connectivity index (χ4n) is 1.62. The molecule has 0 spiro atoms. The summed E-state index contributed by atoms with van der Waals surface area (Å²) >= 11 is 0. The molecule has 20 heavy (non-hydrogen) atoms. The van der Waals surface area contributed by atoms with Gasteiger partial charge in [0.15, 0.2) is 11.6 Å². The van der Waals surface area contributed by atoms with Gasteiger partial charge in [0.05, 0.1) is 5.56 Å². The molecule has 0 heterocycles. The Morgan fingerprint density at radius 1 is 1.05 bits per heavy atom. The van der Waals surface area contributed by atoms with Gasteiger partial charge in [0.25, 0.3) is 0 Å². The molecule has 104 valence electrons. The summed E-state index contributed by atoms with van der Waals surface area (Å²) in [6.45, 7) is -0.181. The standard InChI is InChI=1S/C14H12F2N2O2/c15-11-4-1-8(5-12(11)16)7-20-14(19)10-3-2-9(17)6-13(10)18/h1-6H,7,17-18H2. The van der Waals surface area contributed by atoms with Gasteiger partial charge >= 0.3 is 5.97 Å². The number of ether oxygens (including phenoxy) is 1. The molecule has 0 amide bonds. The van der Waals surface area contributed by atoms with Crippen molar-refractivity contribution in [2.45, 2.75) is 6.61 Å². The van der Waals surface area contributed by atoms with Gasteiger partial charge in [-0.25, -0.2) is 13.6 Å². The zero-order chi connectivity index (χ0) is 14.7. The second kappa shape index (κ2) is 5.56. The molecule has 2 rings (SSSR count). The summed E-state index contributed by atoms with van der Waals surface area (Å²) in [5.74, 6) is -2.61. The Kier molecular flexibility index (Phi) is 3.84. The van der Waals surface area contributed by atoms with E-state index in [0.717, 1.165) is 12.1 Å². The summed E-state index contributed by atoms with van der Waals surface area (Å²) in [5.41, 5.74) is 12.3.